The molecule has 5 saturated carbocycles. The molecule has 0 amide bonds. The van der Waals surface area contributed by atoms with Crippen LogP contribution in [0.5, 0.6) is 0 Å². The summed E-state index contributed by atoms with van der Waals surface area (Å²) in [5.74, 6) is 1.48. The molecule has 2 heterocycles. The maximum Gasteiger partial charge on any atom is 0.104 e. The van der Waals surface area contributed by atoms with Crippen molar-refractivity contribution in [3.05, 3.63) is 0 Å². The molecular formula is C20H30O5. The van der Waals surface area contributed by atoms with Crippen LogP contribution in [-0.2, 0) is 23.7 Å². The van der Waals surface area contributed by atoms with Crippen LogP contribution >= 0.6 is 0 Å². The monoisotopic (exact) mass is 350 g/mol. The molecule has 0 aromatic heterocycles. The number of rotatable bonds is 9. The number of epoxide rings is 2. The van der Waals surface area contributed by atoms with Gasteiger partial charge in [-0.3, -0.25) is 0 Å². The van der Waals surface area contributed by atoms with Gasteiger partial charge in [-0.1, -0.05) is 0 Å². The second-order valence-electron chi connectivity index (χ2n) is 9.84. The predicted molar refractivity (Wildman–Crippen MR) is 89.4 cm³/mol. The fourth-order valence-electron chi connectivity index (χ4n) is 6.11. The fourth-order valence-corrected chi connectivity index (χ4v) is 6.11. The fraction of sp³-hybridized carbons (Fsp3) is 1.00. The highest BCUT2D eigenvalue weighted by Crippen LogP contribution is 2.63. The van der Waals surface area contributed by atoms with Gasteiger partial charge >= 0.3 is 0 Å². The van der Waals surface area contributed by atoms with Crippen molar-refractivity contribution in [2.24, 2.45) is 11.8 Å². The van der Waals surface area contributed by atoms with E-state index in [4.69, 9.17) is 23.7 Å². The maximum absolute atomic E-state index is 6.64. The second-order valence-corrected chi connectivity index (χ2v) is 9.84. The van der Waals surface area contributed by atoms with Crippen molar-refractivity contribution in [2.45, 2.75) is 80.4 Å². The van der Waals surface area contributed by atoms with Crippen LogP contribution in [0.4, 0.5) is 0 Å². The van der Waals surface area contributed by atoms with E-state index >= 15 is 0 Å². The Labute approximate surface area is 149 Å². The second kappa shape index (κ2) is 5.41. The van der Waals surface area contributed by atoms with Crippen molar-refractivity contribution in [3.63, 3.8) is 0 Å². The van der Waals surface area contributed by atoms with E-state index in [2.05, 4.69) is 0 Å². The molecule has 2 saturated heterocycles. The first kappa shape index (κ1) is 15.8. The Morgan fingerprint density at radius 1 is 0.680 bits per heavy atom. The molecule has 4 atom stereocenters. The van der Waals surface area contributed by atoms with E-state index in [9.17, 15) is 0 Å². The molecular weight excluding hydrogens is 320 g/mol. The molecule has 4 unspecified atom stereocenters. The quantitative estimate of drug-likeness (QED) is 0.598. The number of hydrogen-bond acceptors (Lipinski definition) is 5. The molecule has 140 valence electrons. The molecule has 7 rings (SSSR count). The first-order valence-corrected chi connectivity index (χ1v) is 10.3. The minimum atomic E-state index is -0.0562. The molecule has 0 aromatic rings. The van der Waals surface area contributed by atoms with Gasteiger partial charge in [0.1, 0.15) is 12.2 Å². The van der Waals surface area contributed by atoms with Gasteiger partial charge in [0.05, 0.1) is 49.8 Å². The van der Waals surface area contributed by atoms with Gasteiger partial charge < -0.3 is 23.7 Å². The summed E-state index contributed by atoms with van der Waals surface area (Å²) in [7, 11) is 0. The summed E-state index contributed by atoms with van der Waals surface area (Å²) in [5, 5.41) is 0. The van der Waals surface area contributed by atoms with Crippen molar-refractivity contribution in [2.75, 3.05) is 33.0 Å². The third-order valence-electron chi connectivity index (χ3n) is 7.19. The third-order valence-corrected chi connectivity index (χ3v) is 7.19. The van der Waals surface area contributed by atoms with Crippen LogP contribution in [0, 0.1) is 11.8 Å². The molecule has 7 aliphatic rings. The molecule has 0 aromatic carbocycles. The van der Waals surface area contributed by atoms with Gasteiger partial charge in [-0.15, -0.1) is 0 Å². The topological polar surface area (TPSA) is 52.8 Å². The lowest BCUT2D eigenvalue weighted by atomic mass is 9.50. The molecule has 0 radical (unpaired) electrons. The van der Waals surface area contributed by atoms with E-state index in [1.165, 1.54) is 32.1 Å². The Bertz CT molecular complexity index is 454. The Balaban J connectivity index is 1.24. The number of ether oxygens (including phenoxy) is 5. The molecule has 4 bridgehead atoms. The Kier molecular flexibility index (Phi) is 3.43. The van der Waals surface area contributed by atoms with E-state index < -0.39 is 0 Å². The van der Waals surface area contributed by atoms with Gasteiger partial charge in [0.2, 0.25) is 0 Å². The summed E-state index contributed by atoms with van der Waals surface area (Å²) in [4.78, 5) is 0. The van der Waals surface area contributed by atoms with Crippen LogP contribution < -0.4 is 0 Å². The van der Waals surface area contributed by atoms with Crippen LogP contribution in [0.15, 0.2) is 0 Å². The molecule has 7 fully saturated rings. The lowest BCUT2D eigenvalue weighted by Gasteiger charge is -2.65. The molecule has 0 N–H and O–H groups in total. The van der Waals surface area contributed by atoms with Gasteiger partial charge in [0.25, 0.3) is 0 Å². The minimum Gasteiger partial charge on any atom is -0.374 e. The normalized spacial score (nSPS) is 52.6. The highest BCUT2D eigenvalue weighted by molar-refractivity contribution is 5.17. The van der Waals surface area contributed by atoms with Crippen molar-refractivity contribution in [3.8, 4) is 0 Å². The average molecular weight is 350 g/mol. The van der Waals surface area contributed by atoms with E-state index in [1.807, 2.05) is 0 Å². The van der Waals surface area contributed by atoms with Crippen LogP contribution in [0.3, 0.4) is 0 Å². The van der Waals surface area contributed by atoms with Gasteiger partial charge in [-0.25, -0.2) is 0 Å². The van der Waals surface area contributed by atoms with Crippen LogP contribution in [0.1, 0.15) is 51.4 Å². The third kappa shape index (κ3) is 3.16. The first-order chi connectivity index (χ1) is 12.1. The lowest BCUT2D eigenvalue weighted by molar-refractivity contribution is -0.292. The zero-order valence-corrected chi connectivity index (χ0v) is 15.0. The molecule has 5 nitrogen and oxygen atoms in total. The van der Waals surface area contributed by atoms with Crippen molar-refractivity contribution >= 4 is 0 Å². The summed E-state index contributed by atoms with van der Waals surface area (Å²) in [6.07, 6.45) is 10.1. The van der Waals surface area contributed by atoms with Gasteiger partial charge in [-0.05, 0) is 43.9 Å². The van der Waals surface area contributed by atoms with E-state index in [0.717, 1.165) is 58.2 Å². The summed E-state index contributed by atoms with van der Waals surface area (Å²) in [6.45, 7) is 4.16. The Morgan fingerprint density at radius 2 is 1.12 bits per heavy atom. The van der Waals surface area contributed by atoms with E-state index in [1.54, 1.807) is 0 Å². The Morgan fingerprint density at radius 3 is 1.52 bits per heavy atom. The molecule has 0 spiro atoms. The van der Waals surface area contributed by atoms with E-state index in [0.29, 0.717) is 18.1 Å². The standard InChI is InChI=1S/C20H30O5/c1-2-14(1)6-23-18-3-15-4-19(11-18,24-9-16-7-21-16)13-20(5-15,12-18)25-10-17-8-22-17/h14-17H,1-13H2. The van der Waals surface area contributed by atoms with Crippen LogP contribution in [0.25, 0.3) is 0 Å². The smallest absolute Gasteiger partial charge is 0.104 e. The average Bonchev–Trinajstić information content (AvgIpc) is 3.46. The van der Waals surface area contributed by atoms with Crippen molar-refractivity contribution in [1.82, 2.24) is 0 Å². The maximum atomic E-state index is 6.64. The lowest BCUT2D eigenvalue weighted by Crippen LogP contribution is -2.68. The molecule has 5 heteroatoms. The van der Waals surface area contributed by atoms with Gasteiger partial charge in [-0.2, -0.15) is 0 Å². The van der Waals surface area contributed by atoms with E-state index in [-0.39, 0.29) is 16.8 Å². The molecule has 2 aliphatic heterocycles. The SMILES string of the molecule is C1CC1COC12CC3CC(OCC4CO4)(C1)CC(OCC1CO1)(C3)C2. The van der Waals surface area contributed by atoms with Gasteiger partial charge in [0.15, 0.2) is 0 Å². The number of hydrogen-bond donors (Lipinski definition) is 0. The Hall–Kier alpha value is -0.200. The van der Waals surface area contributed by atoms with Crippen LogP contribution in [0.2, 0.25) is 0 Å². The summed E-state index contributed by atoms with van der Waals surface area (Å²) < 4.78 is 30.5. The summed E-state index contributed by atoms with van der Waals surface area (Å²) >= 11 is 0. The predicted octanol–water partition coefficient (Wildman–Crippen LogP) is 2.46. The minimum absolute atomic E-state index is 0.0170. The largest absolute Gasteiger partial charge is 0.374 e. The highest BCUT2D eigenvalue weighted by Gasteiger charge is 2.66. The highest BCUT2D eigenvalue weighted by atomic mass is 16.6. The van der Waals surface area contributed by atoms with Crippen molar-refractivity contribution in [1.29, 1.82) is 0 Å². The summed E-state index contributed by atoms with van der Waals surface area (Å²) in [6, 6.07) is 0. The van der Waals surface area contributed by atoms with Crippen molar-refractivity contribution < 1.29 is 23.7 Å². The molecule has 25 heavy (non-hydrogen) atoms. The van der Waals surface area contributed by atoms with Crippen LogP contribution in [-0.4, -0.2) is 62.0 Å². The zero-order valence-electron chi connectivity index (χ0n) is 15.0. The zero-order chi connectivity index (χ0) is 16.5. The summed E-state index contributed by atoms with van der Waals surface area (Å²) in [5.41, 5.74) is -0.129. The van der Waals surface area contributed by atoms with Gasteiger partial charge in [0, 0.05) is 19.3 Å². The molecule has 5 aliphatic carbocycles. The first-order valence-electron chi connectivity index (χ1n) is 10.3.